The molecular formula is C15H16N4O2. The van der Waals surface area contributed by atoms with Gasteiger partial charge in [-0.3, -0.25) is 0 Å². The number of nitriles is 1. The molecule has 1 aromatic carbocycles. The van der Waals surface area contributed by atoms with Gasteiger partial charge in [0.2, 0.25) is 0 Å². The summed E-state index contributed by atoms with van der Waals surface area (Å²) in [5.41, 5.74) is 2.55. The van der Waals surface area contributed by atoms with Gasteiger partial charge in [0, 0.05) is 11.6 Å². The van der Waals surface area contributed by atoms with Gasteiger partial charge in [-0.15, -0.1) is 5.10 Å². The standard InChI is InChI=1S/C15H16N4O2/c1-10(2)9-19-15(14(8-16)17-18-19)11-5-12(20-3)7-13(6-11)21-4/h5-7H,1,9H2,2-4H3. The van der Waals surface area contributed by atoms with E-state index in [1.807, 2.05) is 19.1 Å². The second kappa shape index (κ2) is 6.09. The lowest BCUT2D eigenvalue weighted by atomic mass is 10.1. The third-order valence-electron chi connectivity index (χ3n) is 2.89. The number of nitrogens with zero attached hydrogens (tertiary/aromatic N) is 4. The van der Waals surface area contributed by atoms with Crippen molar-refractivity contribution in [1.29, 1.82) is 5.26 Å². The maximum Gasteiger partial charge on any atom is 0.190 e. The van der Waals surface area contributed by atoms with Crippen LogP contribution in [0.4, 0.5) is 0 Å². The van der Waals surface area contributed by atoms with Gasteiger partial charge in [0.15, 0.2) is 5.69 Å². The van der Waals surface area contributed by atoms with Crippen LogP contribution in [-0.4, -0.2) is 29.2 Å². The number of methoxy groups -OCH3 is 2. The van der Waals surface area contributed by atoms with Crippen molar-refractivity contribution in [2.75, 3.05) is 14.2 Å². The summed E-state index contributed by atoms with van der Waals surface area (Å²) >= 11 is 0. The molecule has 0 unspecified atom stereocenters. The number of allylic oxidation sites excluding steroid dienone is 1. The van der Waals surface area contributed by atoms with Crippen LogP contribution in [0.15, 0.2) is 30.4 Å². The largest absolute Gasteiger partial charge is 0.497 e. The molecule has 21 heavy (non-hydrogen) atoms. The van der Waals surface area contributed by atoms with Gasteiger partial charge >= 0.3 is 0 Å². The van der Waals surface area contributed by atoms with Crippen LogP contribution in [0.5, 0.6) is 11.5 Å². The smallest absolute Gasteiger partial charge is 0.190 e. The molecule has 6 nitrogen and oxygen atoms in total. The van der Waals surface area contributed by atoms with Crippen LogP contribution in [-0.2, 0) is 6.54 Å². The summed E-state index contributed by atoms with van der Waals surface area (Å²) in [7, 11) is 3.15. The molecular weight excluding hydrogens is 268 g/mol. The second-order valence-corrected chi connectivity index (χ2v) is 4.61. The highest BCUT2D eigenvalue weighted by Crippen LogP contribution is 2.31. The predicted octanol–water partition coefficient (Wildman–Crippen LogP) is 2.41. The Balaban J connectivity index is 2.62. The normalized spacial score (nSPS) is 10.0. The average molecular weight is 284 g/mol. The Kier molecular flexibility index (Phi) is 4.24. The zero-order valence-electron chi connectivity index (χ0n) is 12.3. The number of hydrogen-bond acceptors (Lipinski definition) is 5. The van der Waals surface area contributed by atoms with Gasteiger partial charge in [0.25, 0.3) is 0 Å². The van der Waals surface area contributed by atoms with Crippen LogP contribution in [0.25, 0.3) is 11.3 Å². The van der Waals surface area contributed by atoms with Crippen molar-refractivity contribution in [3.8, 4) is 28.8 Å². The molecule has 0 aliphatic heterocycles. The summed E-state index contributed by atoms with van der Waals surface area (Å²) in [6, 6.07) is 7.46. The Bertz CT molecular complexity index is 691. The van der Waals surface area contributed by atoms with E-state index in [0.717, 1.165) is 11.1 Å². The minimum Gasteiger partial charge on any atom is -0.497 e. The molecule has 0 aliphatic carbocycles. The lowest BCUT2D eigenvalue weighted by Gasteiger charge is -2.10. The van der Waals surface area contributed by atoms with E-state index in [4.69, 9.17) is 9.47 Å². The molecule has 0 saturated carbocycles. The maximum absolute atomic E-state index is 9.23. The summed E-state index contributed by atoms with van der Waals surface area (Å²) in [6.45, 7) is 6.25. The fourth-order valence-electron chi connectivity index (χ4n) is 1.98. The topological polar surface area (TPSA) is 73.0 Å². The number of rotatable bonds is 5. The van der Waals surface area contributed by atoms with E-state index >= 15 is 0 Å². The zero-order chi connectivity index (χ0) is 15.4. The fourth-order valence-corrected chi connectivity index (χ4v) is 1.98. The molecule has 2 rings (SSSR count). The first-order valence-electron chi connectivity index (χ1n) is 6.30. The Hall–Kier alpha value is -2.81. The van der Waals surface area contributed by atoms with E-state index < -0.39 is 0 Å². The van der Waals surface area contributed by atoms with Crippen molar-refractivity contribution < 1.29 is 9.47 Å². The molecule has 0 amide bonds. The first-order chi connectivity index (χ1) is 10.1. The van der Waals surface area contributed by atoms with Crippen LogP contribution < -0.4 is 9.47 Å². The summed E-state index contributed by atoms with van der Waals surface area (Å²) in [5.74, 6) is 1.27. The molecule has 1 aromatic heterocycles. The molecule has 0 spiro atoms. The molecule has 0 fully saturated rings. The fraction of sp³-hybridized carbons (Fsp3) is 0.267. The first-order valence-corrected chi connectivity index (χ1v) is 6.30. The summed E-state index contributed by atoms with van der Waals surface area (Å²) in [6.07, 6.45) is 0. The van der Waals surface area contributed by atoms with Crippen LogP contribution in [0.3, 0.4) is 0 Å². The molecule has 0 aliphatic rings. The Labute approximate surface area is 123 Å². The quantitative estimate of drug-likeness (QED) is 0.788. The molecule has 2 aromatic rings. The molecule has 0 saturated heterocycles. The van der Waals surface area contributed by atoms with E-state index in [1.54, 1.807) is 25.0 Å². The molecule has 0 bridgehead atoms. The Morgan fingerprint density at radius 2 is 1.90 bits per heavy atom. The third kappa shape index (κ3) is 3.03. The van der Waals surface area contributed by atoms with Crippen molar-refractivity contribution in [2.24, 2.45) is 0 Å². The van der Waals surface area contributed by atoms with Gasteiger partial charge in [-0.25, -0.2) is 4.68 Å². The summed E-state index contributed by atoms with van der Waals surface area (Å²) in [5, 5.41) is 17.1. The lowest BCUT2D eigenvalue weighted by molar-refractivity contribution is 0.394. The van der Waals surface area contributed by atoms with E-state index in [1.165, 1.54) is 0 Å². The summed E-state index contributed by atoms with van der Waals surface area (Å²) < 4.78 is 12.2. The number of ether oxygens (including phenoxy) is 2. The van der Waals surface area contributed by atoms with Crippen LogP contribution in [0.2, 0.25) is 0 Å². The van der Waals surface area contributed by atoms with Crippen molar-refractivity contribution in [1.82, 2.24) is 15.0 Å². The predicted molar refractivity (Wildman–Crippen MR) is 78.1 cm³/mol. The molecule has 0 atom stereocenters. The highest BCUT2D eigenvalue weighted by Gasteiger charge is 2.16. The van der Waals surface area contributed by atoms with Gasteiger partial charge in [-0.05, 0) is 19.1 Å². The minimum atomic E-state index is 0.256. The van der Waals surface area contributed by atoms with Gasteiger partial charge in [0.1, 0.15) is 23.3 Å². The number of benzene rings is 1. The van der Waals surface area contributed by atoms with E-state index in [2.05, 4.69) is 23.0 Å². The van der Waals surface area contributed by atoms with Gasteiger partial charge in [0.05, 0.1) is 20.8 Å². The molecule has 0 radical (unpaired) electrons. The van der Waals surface area contributed by atoms with Crippen molar-refractivity contribution in [3.05, 3.63) is 36.0 Å². The van der Waals surface area contributed by atoms with Crippen LogP contribution in [0, 0.1) is 11.3 Å². The highest BCUT2D eigenvalue weighted by atomic mass is 16.5. The van der Waals surface area contributed by atoms with Crippen molar-refractivity contribution >= 4 is 0 Å². The molecule has 108 valence electrons. The monoisotopic (exact) mass is 284 g/mol. The minimum absolute atomic E-state index is 0.256. The Morgan fingerprint density at radius 3 is 2.38 bits per heavy atom. The van der Waals surface area contributed by atoms with Crippen LogP contribution in [0.1, 0.15) is 12.6 Å². The Morgan fingerprint density at radius 1 is 1.29 bits per heavy atom. The van der Waals surface area contributed by atoms with E-state index in [0.29, 0.717) is 23.7 Å². The van der Waals surface area contributed by atoms with E-state index in [-0.39, 0.29) is 5.69 Å². The van der Waals surface area contributed by atoms with E-state index in [9.17, 15) is 5.26 Å². The van der Waals surface area contributed by atoms with Gasteiger partial charge in [-0.2, -0.15) is 5.26 Å². The maximum atomic E-state index is 9.23. The molecule has 0 N–H and O–H groups in total. The summed E-state index contributed by atoms with van der Waals surface area (Å²) in [4.78, 5) is 0. The number of hydrogen-bond donors (Lipinski definition) is 0. The average Bonchev–Trinajstić information content (AvgIpc) is 2.88. The van der Waals surface area contributed by atoms with Crippen molar-refractivity contribution in [3.63, 3.8) is 0 Å². The second-order valence-electron chi connectivity index (χ2n) is 4.61. The number of aromatic nitrogens is 3. The van der Waals surface area contributed by atoms with Crippen molar-refractivity contribution in [2.45, 2.75) is 13.5 Å². The third-order valence-corrected chi connectivity index (χ3v) is 2.89. The SMILES string of the molecule is C=C(C)Cn1nnc(C#N)c1-c1cc(OC)cc(OC)c1. The highest BCUT2D eigenvalue weighted by molar-refractivity contribution is 5.68. The lowest BCUT2D eigenvalue weighted by Crippen LogP contribution is -2.04. The zero-order valence-corrected chi connectivity index (χ0v) is 12.3. The van der Waals surface area contributed by atoms with Crippen LogP contribution >= 0.6 is 0 Å². The molecule has 1 heterocycles. The van der Waals surface area contributed by atoms with Gasteiger partial charge < -0.3 is 9.47 Å². The van der Waals surface area contributed by atoms with Gasteiger partial charge in [-0.1, -0.05) is 17.4 Å². The first kappa shape index (κ1) is 14.6. The molecule has 6 heteroatoms.